The molecule has 1 atom stereocenters. The SMILES string of the molecule is CC1C=C(c2cc(F)cc(CNS(C)(=O)=O)c2)c2cc(-c3[nH]nc4ncc(-c5cncc(CNCC6CCCC6)c5)cc34)[nH]c2C1. The fourth-order valence-corrected chi connectivity index (χ4v) is 7.23. The summed E-state index contributed by atoms with van der Waals surface area (Å²) in [5, 5.41) is 12.2. The summed E-state index contributed by atoms with van der Waals surface area (Å²) in [5.74, 6) is 0.584. The minimum atomic E-state index is -3.41. The molecule has 4 N–H and O–H groups in total. The van der Waals surface area contributed by atoms with E-state index in [-0.39, 0.29) is 12.5 Å². The molecule has 1 aromatic carbocycles. The summed E-state index contributed by atoms with van der Waals surface area (Å²) in [6, 6.07) is 11.0. The molecule has 238 valence electrons. The number of nitrogens with one attached hydrogen (secondary N) is 4. The molecule has 1 fully saturated rings. The molecular formula is C35H38FN7O2S. The number of H-pyrrole nitrogens is 2. The number of aromatic amines is 2. The first-order chi connectivity index (χ1) is 22.2. The molecule has 4 aromatic heterocycles. The number of benzene rings is 1. The summed E-state index contributed by atoms with van der Waals surface area (Å²) >= 11 is 0. The van der Waals surface area contributed by atoms with Gasteiger partial charge in [-0.2, -0.15) is 5.10 Å². The highest BCUT2D eigenvalue weighted by molar-refractivity contribution is 7.88. The predicted molar refractivity (Wildman–Crippen MR) is 179 cm³/mol. The van der Waals surface area contributed by atoms with Gasteiger partial charge in [0.25, 0.3) is 0 Å². The molecular weight excluding hydrogens is 601 g/mol. The molecule has 0 radical (unpaired) electrons. The number of sulfonamides is 1. The largest absolute Gasteiger partial charge is 0.357 e. The van der Waals surface area contributed by atoms with Crippen LogP contribution in [0.2, 0.25) is 0 Å². The van der Waals surface area contributed by atoms with Crippen molar-refractivity contribution in [3.05, 3.63) is 94.8 Å². The molecule has 0 bridgehead atoms. The number of pyridine rings is 2. The van der Waals surface area contributed by atoms with E-state index in [0.29, 0.717) is 16.8 Å². The number of nitrogens with zero attached hydrogens (tertiary/aromatic N) is 3. The van der Waals surface area contributed by atoms with Crippen LogP contribution in [0.3, 0.4) is 0 Å². The molecule has 0 amide bonds. The highest BCUT2D eigenvalue weighted by Gasteiger charge is 2.24. The van der Waals surface area contributed by atoms with Crippen LogP contribution in [-0.2, 0) is 29.5 Å². The smallest absolute Gasteiger partial charge is 0.209 e. The predicted octanol–water partition coefficient (Wildman–Crippen LogP) is 6.11. The second-order valence-electron chi connectivity index (χ2n) is 12.8. The van der Waals surface area contributed by atoms with Crippen molar-refractivity contribution < 1.29 is 12.8 Å². The van der Waals surface area contributed by atoms with E-state index in [1.54, 1.807) is 0 Å². The minimum Gasteiger partial charge on any atom is -0.357 e. The van der Waals surface area contributed by atoms with Gasteiger partial charge in [-0.1, -0.05) is 25.8 Å². The molecule has 1 saturated carbocycles. The lowest BCUT2D eigenvalue weighted by molar-refractivity contribution is 0.489. The second-order valence-corrected chi connectivity index (χ2v) is 14.7. The van der Waals surface area contributed by atoms with Gasteiger partial charge in [0.2, 0.25) is 10.0 Å². The number of allylic oxidation sites excluding steroid dienone is 1. The number of hydrogen-bond acceptors (Lipinski definition) is 6. The van der Waals surface area contributed by atoms with Crippen molar-refractivity contribution in [2.45, 2.75) is 52.1 Å². The normalized spacial score (nSPS) is 17.0. The summed E-state index contributed by atoms with van der Waals surface area (Å²) in [5.41, 5.74) is 9.60. The van der Waals surface area contributed by atoms with Crippen LogP contribution in [0.5, 0.6) is 0 Å². The van der Waals surface area contributed by atoms with Gasteiger partial charge in [-0.15, -0.1) is 0 Å². The molecule has 46 heavy (non-hydrogen) atoms. The van der Waals surface area contributed by atoms with Crippen LogP contribution < -0.4 is 10.0 Å². The summed E-state index contributed by atoms with van der Waals surface area (Å²) in [6.07, 6.45) is 15.0. The third kappa shape index (κ3) is 6.67. The fraction of sp³-hybridized carbons (Fsp3) is 0.343. The van der Waals surface area contributed by atoms with E-state index in [1.807, 2.05) is 24.7 Å². The van der Waals surface area contributed by atoms with E-state index in [4.69, 9.17) is 0 Å². The molecule has 0 spiro atoms. The van der Waals surface area contributed by atoms with Crippen molar-refractivity contribution in [3.63, 3.8) is 0 Å². The van der Waals surface area contributed by atoms with Crippen molar-refractivity contribution in [2.75, 3.05) is 12.8 Å². The lowest BCUT2D eigenvalue weighted by Crippen LogP contribution is -2.21. The Hall–Kier alpha value is -4.19. The van der Waals surface area contributed by atoms with Crippen LogP contribution in [0, 0.1) is 17.7 Å². The number of rotatable bonds is 10. The highest BCUT2D eigenvalue weighted by Crippen LogP contribution is 2.38. The maximum atomic E-state index is 14.8. The number of hydrogen-bond donors (Lipinski definition) is 4. The summed E-state index contributed by atoms with van der Waals surface area (Å²) in [4.78, 5) is 12.8. The zero-order chi connectivity index (χ0) is 31.8. The minimum absolute atomic E-state index is 0.0164. The highest BCUT2D eigenvalue weighted by atomic mass is 32.2. The molecule has 4 heterocycles. The van der Waals surface area contributed by atoms with Gasteiger partial charge in [-0.05, 0) is 96.3 Å². The molecule has 0 aliphatic heterocycles. The van der Waals surface area contributed by atoms with E-state index in [1.165, 1.54) is 37.8 Å². The lowest BCUT2D eigenvalue weighted by atomic mass is 9.86. The molecule has 5 aromatic rings. The molecule has 0 saturated heterocycles. The number of halogens is 1. The summed E-state index contributed by atoms with van der Waals surface area (Å²) in [7, 11) is -3.41. The van der Waals surface area contributed by atoms with Crippen LogP contribution in [0.15, 0.2) is 61.1 Å². The van der Waals surface area contributed by atoms with Crippen molar-refractivity contribution in [2.24, 2.45) is 11.8 Å². The fourth-order valence-electron chi connectivity index (χ4n) is 6.80. The van der Waals surface area contributed by atoms with E-state index >= 15 is 0 Å². The van der Waals surface area contributed by atoms with Crippen LogP contribution in [-0.4, -0.2) is 46.4 Å². The Morgan fingerprint density at radius 2 is 1.76 bits per heavy atom. The van der Waals surface area contributed by atoms with Gasteiger partial charge in [-0.3, -0.25) is 10.1 Å². The quantitative estimate of drug-likeness (QED) is 0.146. The average Bonchev–Trinajstić information content (AvgIpc) is 3.79. The van der Waals surface area contributed by atoms with Gasteiger partial charge in [0.1, 0.15) is 5.82 Å². The first-order valence-corrected chi connectivity index (χ1v) is 17.8. The number of aromatic nitrogens is 5. The second kappa shape index (κ2) is 12.5. The van der Waals surface area contributed by atoms with E-state index in [2.05, 4.69) is 66.4 Å². The summed E-state index contributed by atoms with van der Waals surface area (Å²) < 4.78 is 40.5. The van der Waals surface area contributed by atoms with Crippen LogP contribution >= 0.6 is 0 Å². The van der Waals surface area contributed by atoms with Crippen molar-refractivity contribution in [1.29, 1.82) is 0 Å². The van der Waals surface area contributed by atoms with Crippen LogP contribution in [0.25, 0.3) is 39.1 Å². The van der Waals surface area contributed by atoms with Gasteiger partial charge in [0, 0.05) is 59.5 Å². The molecule has 1 unspecified atom stereocenters. The number of fused-ring (bicyclic) bond motifs is 2. The van der Waals surface area contributed by atoms with Gasteiger partial charge >= 0.3 is 0 Å². The first kappa shape index (κ1) is 30.5. The monoisotopic (exact) mass is 639 g/mol. The van der Waals surface area contributed by atoms with E-state index in [9.17, 15) is 12.8 Å². The van der Waals surface area contributed by atoms with Crippen molar-refractivity contribution in [3.8, 4) is 22.5 Å². The zero-order valence-corrected chi connectivity index (χ0v) is 26.8. The van der Waals surface area contributed by atoms with E-state index < -0.39 is 15.8 Å². The Kier molecular flexibility index (Phi) is 8.31. The Labute approximate surface area is 268 Å². The van der Waals surface area contributed by atoms with Gasteiger partial charge in [-0.25, -0.2) is 22.5 Å². The van der Waals surface area contributed by atoms with E-state index in [0.717, 1.165) is 82.0 Å². The maximum Gasteiger partial charge on any atom is 0.209 e. The molecule has 7 rings (SSSR count). The van der Waals surface area contributed by atoms with Gasteiger partial charge < -0.3 is 10.3 Å². The lowest BCUT2D eigenvalue weighted by Gasteiger charge is -2.19. The van der Waals surface area contributed by atoms with Gasteiger partial charge in [0.05, 0.1) is 17.6 Å². The Balaban J connectivity index is 1.17. The topological polar surface area (TPSA) is 128 Å². The Bertz CT molecular complexity index is 2040. The van der Waals surface area contributed by atoms with Crippen LogP contribution in [0.4, 0.5) is 4.39 Å². The zero-order valence-electron chi connectivity index (χ0n) is 26.0. The van der Waals surface area contributed by atoms with Crippen LogP contribution in [0.1, 0.15) is 60.6 Å². The molecule has 2 aliphatic rings. The standard InChI is InChI=1S/C35H38FN7O2S/c1-21-7-29(25-9-23(11-28(36)12-25)18-40-46(2,44)45)30-14-33(41-32(30)8-21)34-31-13-27(20-39-35(31)43-42-34)26-10-24(17-38-19-26)16-37-15-22-5-3-4-6-22/h7,9-14,17,19-22,37,40-41H,3-6,8,15-16,18H2,1-2H3,(H,39,42,43). The first-order valence-electron chi connectivity index (χ1n) is 15.9. The Morgan fingerprint density at radius 3 is 2.59 bits per heavy atom. The summed E-state index contributed by atoms with van der Waals surface area (Å²) in [6.45, 7) is 3.98. The maximum absolute atomic E-state index is 14.8. The Morgan fingerprint density at radius 1 is 0.957 bits per heavy atom. The molecule has 2 aliphatic carbocycles. The van der Waals surface area contributed by atoms with Crippen molar-refractivity contribution in [1.82, 2.24) is 35.2 Å². The average molecular weight is 640 g/mol. The van der Waals surface area contributed by atoms with Crippen molar-refractivity contribution >= 4 is 26.6 Å². The third-order valence-electron chi connectivity index (χ3n) is 9.02. The van der Waals surface area contributed by atoms with Gasteiger partial charge in [0.15, 0.2) is 5.65 Å². The third-order valence-corrected chi connectivity index (χ3v) is 9.69. The molecule has 9 nitrogen and oxygen atoms in total. The molecule has 11 heteroatoms.